The molecule has 0 aliphatic carbocycles. The number of allylic oxidation sites excluding steroid dienone is 4. The van der Waals surface area contributed by atoms with Crippen molar-refractivity contribution in [3.05, 3.63) is 65.0 Å². The number of alkyl halides is 3. The van der Waals surface area contributed by atoms with Crippen molar-refractivity contribution in [1.29, 1.82) is 0 Å². The summed E-state index contributed by atoms with van der Waals surface area (Å²) in [6, 6.07) is 6.82. The van der Waals surface area contributed by atoms with Gasteiger partial charge in [0, 0.05) is 6.54 Å². The van der Waals surface area contributed by atoms with Crippen LogP contribution in [0.1, 0.15) is 25.0 Å². The number of carbonyl (C=O) groups is 1. The first-order chi connectivity index (χ1) is 11.2. The molecule has 0 atom stereocenters. The topological polar surface area (TPSA) is 72.5 Å². The van der Waals surface area contributed by atoms with E-state index in [4.69, 9.17) is 5.73 Å². The fraction of sp³-hybridized carbons (Fsp3) is 0.235. The van der Waals surface area contributed by atoms with Crippen molar-refractivity contribution in [2.24, 2.45) is 5.73 Å². The molecule has 4 nitrogen and oxygen atoms in total. The lowest BCUT2D eigenvalue weighted by Crippen LogP contribution is -2.13. The highest BCUT2D eigenvalue weighted by Crippen LogP contribution is 2.27. The van der Waals surface area contributed by atoms with Crippen molar-refractivity contribution in [2.45, 2.75) is 26.8 Å². The summed E-state index contributed by atoms with van der Waals surface area (Å²) in [4.78, 5) is 11.6. The van der Waals surface area contributed by atoms with E-state index in [-0.39, 0.29) is 17.7 Å². The maximum absolute atomic E-state index is 12.3. The molecule has 24 heavy (non-hydrogen) atoms. The average molecular weight is 341 g/mol. The summed E-state index contributed by atoms with van der Waals surface area (Å²) in [5, 5.41) is 9.44. The third-order valence-electron chi connectivity index (χ3n) is 3.01. The third kappa shape index (κ3) is 5.58. The van der Waals surface area contributed by atoms with E-state index in [1.54, 1.807) is 37.3 Å². The van der Waals surface area contributed by atoms with Gasteiger partial charge in [-0.25, -0.2) is 4.79 Å². The summed E-state index contributed by atoms with van der Waals surface area (Å²) >= 11 is 0. The molecule has 0 saturated heterocycles. The Hall–Kier alpha value is -2.54. The lowest BCUT2D eigenvalue weighted by Gasteiger charge is -2.13. The van der Waals surface area contributed by atoms with Crippen LogP contribution in [0.4, 0.5) is 13.2 Å². The number of rotatable bonds is 6. The van der Waals surface area contributed by atoms with Crippen molar-refractivity contribution in [3.8, 4) is 0 Å². The van der Waals surface area contributed by atoms with Gasteiger partial charge >= 0.3 is 12.3 Å². The fourth-order valence-electron chi connectivity index (χ4n) is 2.12. The van der Waals surface area contributed by atoms with Crippen LogP contribution in [0.15, 0.2) is 53.8 Å². The highest BCUT2D eigenvalue weighted by atomic mass is 19.4. The lowest BCUT2D eigenvalue weighted by molar-refractivity contribution is -0.305. The predicted octanol–water partition coefficient (Wildman–Crippen LogP) is 4.00. The van der Waals surface area contributed by atoms with Gasteiger partial charge in [0.15, 0.2) is 0 Å². The van der Waals surface area contributed by atoms with Crippen molar-refractivity contribution < 1.29 is 27.8 Å². The van der Waals surface area contributed by atoms with E-state index in [1.807, 2.05) is 0 Å². The van der Waals surface area contributed by atoms with Gasteiger partial charge in [-0.05, 0) is 36.6 Å². The third-order valence-corrected chi connectivity index (χ3v) is 3.01. The number of hydrogen-bond acceptors (Lipinski definition) is 3. The smallest absolute Gasteiger partial charge is 0.478 e. The summed E-state index contributed by atoms with van der Waals surface area (Å²) in [6.45, 7) is 2.87. The van der Waals surface area contributed by atoms with E-state index in [0.29, 0.717) is 11.1 Å². The maximum Gasteiger partial charge on any atom is 0.572 e. The Morgan fingerprint density at radius 1 is 1.33 bits per heavy atom. The first-order valence-electron chi connectivity index (χ1n) is 7.02. The van der Waals surface area contributed by atoms with Crippen LogP contribution in [0.5, 0.6) is 0 Å². The number of carboxylic acids is 1. The Morgan fingerprint density at radius 2 is 1.96 bits per heavy atom. The van der Waals surface area contributed by atoms with Crippen LogP contribution in [0, 0.1) is 0 Å². The zero-order valence-corrected chi connectivity index (χ0v) is 13.2. The molecular formula is C17H18F3NO3. The molecule has 0 fully saturated rings. The van der Waals surface area contributed by atoms with Crippen molar-refractivity contribution in [1.82, 2.24) is 0 Å². The molecule has 0 aromatic heterocycles. The molecule has 0 radical (unpaired) electrons. The summed E-state index contributed by atoms with van der Waals surface area (Å²) < 4.78 is 40.6. The number of ether oxygens (including phenoxy) is 1. The molecule has 0 heterocycles. The van der Waals surface area contributed by atoms with Crippen LogP contribution in [0.2, 0.25) is 0 Å². The van der Waals surface area contributed by atoms with Crippen molar-refractivity contribution in [2.75, 3.05) is 0 Å². The van der Waals surface area contributed by atoms with Gasteiger partial charge in [0.1, 0.15) is 5.76 Å². The van der Waals surface area contributed by atoms with E-state index in [1.165, 1.54) is 6.08 Å². The molecule has 1 aromatic carbocycles. The summed E-state index contributed by atoms with van der Waals surface area (Å²) in [6.07, 6.45) is -0.937. The fourth-order valence-corrected chi connectivity index (χ4v) is 2.12. The Balaban J connectivity index is 3.57. The second-order valence-corrected chi connectivity index (χ2v) is 4.80. The largest absolute Gasteiger partial charge is 0.572 e. The number of nitrogens with two attached hydrogens (primary N) is 1. The minimum absolute atomic E-state index is 0.159. The normalized spacial score (nSPS) is 13.8. The Morgan fingerprint density at radius 3 is 2.46 bits per heavy atom. The molecule has 0 bridgehead atoms. The molecular weight excluding hydrogens is 323 g/mol. The quantitative estimate of drug-likeness (QED) is 0.466. The van der Waals surface area contributed by atoms with E-state index >= 15 is 0 Å². The van der Waals surface area contributed by atoms with E-state index < -0.39 is 18.1 Å². The van der Waals surface area contributed by atoms with Gasteiger partial charge in [-0.1, -0.05) is 36.4 Å². The maximum atomic E-state index is 12.3. The van der Waals surface area contributed by atoms with Crippen LogP contribution < -0.4 is 5.73 Å². The zero-order valence-electron chi connectivity index (χ0n) is 13.2. The number of benzene rings is 1. The summed E-state index contributed by atoms with van der Waals surface area (Å²) in [5.74, 6) is -1.95. The van der Waals surface area contributed by atoms with Gasteiger partial charge in [-0.15, -0.1) is 13.2 Å². The van der Waals surface area contributed by atoms with Crippen molar-refractivity contribution >= 4 is 11.5 Å². The van der Waals surface area contributed by atoms with Crippen LogP contribution in [-0.4, -0.2) is 17.4 Å². The van der Waals surface area contributed by atoms with Gasteiger partial charge in [0.2, 0.25) is 0 Å². The molecule has 0 aliphatic heterocycles. The number of hydrogen-bond donors (Lipinski definition) is 2. The lowest BCUT2D eigenvalue weighted by atomic mass is 9.94. The molecule has 0 amide bonds. The molecule has 1 aromatic rings. The van der Waals surface area contributed by atoms with Crippen molar-refractivity contribution in [3.63, 3.8) is 0 Å². The number of carboxylic acid groups (broad SMARTS) is 1. The number of aliphatic carboxylic acids is 1. The van der Waals surface area contributed by atoms with Crippen LogP contribution >= 0.6 is 0 Å². The van der Waals surface area contributed by atoms with Gasteiger partial charge in [0.05, 0.1) is 5.57 Å². The minimum Gasteiger partial charge on any atom is -0.478 e. The predicted molar refractivity (Wildman–Crippen MR) is 84.6 cm³/mol. The second-order valence-electron chi connectivity index (χ2n) is 4.80. The first kappa shape index (κ1) is 19.5. The minimum atomic E-state index is -4.89. The summed E-state index contributed by atoms with van der Waals surface area (Å²) in [7, 11) is 0. The second kappa shape index (κ2) is 8.35. The number of halogens is 3. The Bertz CT molecular complexity index is 689. The molecule has 0 unspecified atom stereocenters. The van der Waals surface area contributed by atoms with E-state index in [2.05, 4.69) is 4.74 Å². The van der Waals surface area contributed by atoms with E-state index in [9.17, 15) is 23.1 Å². The molecule has 0 aliphatic rings. The van der Waals surface area contributed by atoms with Gasteiger partial charge < -0.3 is 15.6 Å². The van der Waals surface area contributed by atoms with Crippen LogP contribution in [0.3, 0.4) is 0 Å². The molecule has 7 heteroatoms. The molecule has 1 rings (SSSR count). The standard InChI is InChI=1S/C17H18F3NO3/c1-3-6-14(13-8-5-4-7-12(13)10-21)15(16(22)23)9-11(2)24-17(18,19)20/h3-9H,10,21H2,1-2H3,(H,22,23)/b6-3-,11-9+,15-14-. The van der Waals surface area contributed by atoms with Crippen LogP contribution in [0.25, 0.3) is 5.57 Å². The van der Waals surface area contributed by atoms with Gasteiger partial charge in [0.25, 0.3) is 0 Å². The van der Waals surface area contributed by atoms with E-state index in [0.717, 1.165) is 13.0 Å². The summed E-state index contributed by atoms with van der Waals surface area (Å²) in [5.41, 5.74) is 6.79. The Labute approximate surface area is 137 Å². The average Bonchev–Trinajstić information content (AvgIpc) is 2.48. The molecule has 0 spiro atoms. The van der Waals surface area contributed by atoms with Gasteiger partial charge in [-0.3, -0.25) is 0 Å². The Kier molecular flexibility index (Phi) is 6.79. The highest BCUT2D eigenvalue weighted by molar-refractivity contribution is 6.02. The molecule has 3 N–H and O–H groups in total. The molecule has 130 valence electrons. The van der Waals surface area contributed by atoms with Gasteiger partial charge in [-0.2, -0.15) is 0 Å². The zero-order chi connectivity index (χ0) is 18.3. The highest BCUT2D eigenvalue weighted by Gasteiger charge is 2.31. The SMILES string of the molecule is C\C=C/C(=C(\C=C(/C)OC(F)(F)F)C(=O)O)c1ccccc1CN. The van der Waals surface area contributed by atoms with Crippen LogP contribution in [-0.2, 0) is 16.1 Å². The first-order valence-corrected chi connectivity index (χ1v) is 7.02. The monoisotopic (exact) mass is 341 g/mol. The molecule has 0 saturated carbocycles.